The molecule has 0 bridgehead atoms. The van der Waals surface area contributed by atoms with Crippen LogP contribution in [0.2, 0.25) is 0 Å². The van der Waals surface area contributed by atoms with Crippen LogP contribution < -0.4 is 0 Å². The lowest BCUT2D eigenvalue weighted by Gasteiger charge is -2.12. The summed E-state index contributed by atoms with van der Waals surface area (Å²) in [6.45, 7) is 0. The van der Waals surface area contributed by atoms with E-state index in [0.717, 1.165) is 123 Å². The Bertz CT molecular complexity index is 7800. The SMILES string of the molecule is c1ccc(-c2ccc(-c3cc(-c4cccc(-c5cccc(-c6ccc7c(c6)nc(-c6ccccc6)c6sc8ccccc8c67)c5)c4)nc(-c4ccccc4)n3)cc2)cc1.c1ccc(-c2nc(-c3ccc(-c4ccc5c(c4)nc(-c4ccccc4)c4sc6ccccc6c45)cc3)cc(-c3ccc(-c4cccc5c4sc4ccccc45)cc3)n2)cc1. The molecule has 0 atom stereocenters. The predicted octanol–water partition coefficient (Wildman–Crippen LogP) is 30.8. The lowest BCUT2D eigenvalue weighted by Crippen LogP contribution is -1.96. The highest BCUT2D eigenvalue weighted by molar-refractivity contribution is 7.27. The van der Waals surface area contributed by atoms with Crippen LogP contribution in [0.3, 0.4) is 0 Å². The maximum atomic E-state index is 5.36. The summed E-state index contributed by atoms with van der Waals surface area (Å²) in [6, 6.07) is 146. The smallest absolute Gasteiger partial charge is 0.160 e. The number of fused-ring (bicyclic) bond motifs is 13. The van der Waals surface area contributed by atoms with Crippen molar-refractivity contribution in [3.63, 3.8) is 0 Å². The minimum Gasteiger partial charge on any atom is -0.246 e. The van der Waals surface area contributed by atoms with Crippen molar-refractivity contribution >= 4 is 116 Å². The Kier molecular flexibility index (Phi) is 18.1. The van der Waals surface area contributed by atoms with E-state index in [-0.39, 0.29) is 0 Å². The van der Waals surface area contributed by atoms with E-state index in [1.165, 1.54) is 93.5 Å². The van der Waals surface area contributed by atoms with Crippen LogP contribution in [0, 0.1) is 0 Å². The van der Waals surface area contributed by atoms with Gasteiger partial charge in [-0.25, -0.2) is 29.9 Å². The molecule has 0 fully saturated rings. The molecule has 119 heavy (non-hydrogen) atoms. The van der Waals surface area contributed by atoms with E-state index in [0.29, 0.717) is 11.6 Å². The Morgan fingerprint density at radius 1 is 0.160 bits per heavy atom. The van der Waals surface area contributed by atoms with Crippen molar-refractivity contribution in [1.82, 2.24) is 29.9 Å². The molecular formula is C110H68N6S3. The summed E-state index contributed by atoms with van der Waals surface area (Å²) in [5, 5.41) is 10.1. The Labute approximate surface area is 699 Å². The summed E-state index contributed by atoms with van der Waals surface area (Å²) in [7, 11) is 0. The zero-order valence-electron chi connectivity index (χ0n) is 64.2. The van der Waals surface area contributed by atoms with Crippen LogP contribution in [-0.2, 0) is 0 Å². The van der Waals surface area contributed by atoms with Gasteiger partial charge >= 0.3 is 0 Å². The number of aromatic nitrogens is 6. The molecule has 7 heterocycles. The van der Waals surface area contributed by atoms with Gasteiger partial charge in [-0.15, -0.1) is 34.0 Å². The molecule has 556 valence electrons. The summed E-state index contributed by atoms with van der Waals surface area (Å²) in [5.74, 6) is 1.40. The van der Waals surface area contributed by atoms with Gasteiger partial charge in [0.2, 0.25) is 0 Å². The van der Waals surface area contributed by atoms with Crippen molar-refractivity contribution in [1.29, 1.82) is 0 Å². The Balaban J connectivity index is 0.000000143. The summed E-state index contributed by atoms with van der Waals surface area (Å²) in [6.07, 6.45) is 0. The van der Waals surface area contributed by atoms with Crippen LogP contribution in [0.15, 0.2) is 413 Å². The molecule has 0 aliphatic rings. The largest absolute Gasteiger partial charge is 0.246 e. The highest BCUT2D eigenvalue weighted by Gasteiger charge is 2.22. The molecule has 0 N–H and O–H groups in total. The van der Waals surface area contributed by atoms with Crippen molar-refractivity contribution in [2.24, 2.45) is 0 Å². The molecule has 0 saturated carbocycles. The quantitative estimate of drug-likeness (QED) is 0.114. The molecular weight excluding hydrogens is 1500 g/mol. The maximum absolute atomic E-state index is 5.36. The topological polar surface area (TPSA) is 77.3 Å². The van der Waals surface area contributed by atoms with Crippen molar-refractivity contribution in [3.8, 4) is 146 Å². The van der Waals surface area contributed by atoms with Gasteiger partial charge in [0.15, 0.2) is 11.6 Å². The van der Waals surface area contributed by atoms with E-state index in [4.69, 9.17) is 29.9 Å². The normalized spacial score (nSPS) is 11.5. The molecule has 23 rings (SSSR count). The standard InChI is InChI=1S/C55H33N3S2.C55H35N3S/c1-3-12-38(13-4-1)52-54-51(45-17-8-10-21-50(45)60-54)44-31-30-40(32-48(44)56-52)34-22-26-36(27-23-34)46-33-47(58-55(57-46)39-14-5-2-6-15-39)37-28-24-35(25-29-37)41-18-11-19-43-42-16-7-9-20-49(42)59-53(41)43;1-4-14-36(15-5-1)37-26-28-38(29-27-37)48-35-49(58-55(57-48)40-18-8-3-9-19-40)45-23-13-22-43(33-45)41-20-12-21-42(32-41)44-30-31-46-50(34-44)56-53(39-16-6-2-7-17-39)54-52(46)47-24-10-11-25-51(47)59-54/h1-33H;1-35H. The van der Waals surface area contributed by atoms with E-state index >= 15 is 0 Å². The number of thiophene rings is 3. The zero-order valence-corrected chi connectivity index (χ0v) is 66.6. The minimum absolute atomic E-state index is 0.700. The van der Waals surface area contributed by atoms with Crippen molar-refractivity contribution in [3.05, 3.63) is 413 Å². The Morgan fingerprint density at radius 3 is 0.916 bits per heavy atom. The van der Waals surface area contributed by atoms with E-state index in [1.807, 2.05) is 76.5 Å². The first kappa shape index (κ1) is 70.8. The molecule has 23 aromatic rings. The fourth-order valence-corrected chi connectivity index (χ4v) is 20.4. The lowest BCUT2D eigenvalue weighted by atomic mass is 9.95. The summed E-state index contributed by atoms with van der Waals surface area (Å²) >= 11 is 5.51. The molecule has 0 spiro atoms. The monoisotopic (exact) mass is 1570 g/mol. The highest BCUT2D eigenvalue weighted by Crippen LogP contribution is 2.47. The first-order valence-electron chi connectivity index (χ1n) is 39.9. The van der Waals surface area contributed by atoms with Gasteiger partial charge in [-0.3, -0.25) is 0 Å². The van der Waals surface area contributed by atoms with Gasteiger partial charge in [0.1, 0.15) is 0 Å². The van der Waals surface area contributed by atoms with Crippen molar-refractivity contribution in [2.45, 2.75) is 0 Å². The molecule has 0 radical (unpaired) electrons. The second-order valence-electron chi connectivity index (χ2n) is 29.9. The number of benzene rings is 16. The number of hydrogen-bond donors (Lipinski definition) is 0. The molecule has 16 aromatic carbocycles. The van der Waals surface area contributed by atoms with E-state index < -0.39 is 0 Å². The van der Waals surface area contributed by atoms with Crippen LogP contribution in [0.1, 0.15) is 0 Å². The van der Waals surface area contributed by atoms with Crippen LogP contribution in [0.25, 0.3) is 228 Å². The number of hydrogen-bond acceptors (Lipinski definition) is 9. The summed E-state index contributed by atoms with van der Waals surface area (Å²) in [4.78, 5) is 31.2. The number of rotatable bonds is 13. The Morgan fingerprint density at radius 2 is 0.454 bits per heavy atom. The van der Waals surface area contributed by atoms with Crippen LogP contribution in [0.5, 0.6) is 0 Å². The van der Waals surface area contributed by atoms with Gasteiger partial charge in [-0.1, -0.05) is 358 Å². The molecule has 0 unspecified atom stereocenters. The van der Waals surface area contributed by atoms with Crippen LogP contribution in [-0.4, -0.2) is 29.9 Å². The van der Waals surface area contributed by atoms with E-state index in [2.05, 4.69) is 370 Å². The third-order valence-electron chi connectivity index (χ3n) is 22.6. The van der Waals surface area contributed by atoms with Gasteiger partial charge in [-0.2, -0.15) is 0 Å². The fraction of sp³-hybridized carbons (Fsp3) is 0. The zero-order chi connectivity index (χ0) is 78.7. The van der Waals surface area contributed by atoms with Gasteiger partial charge in [0.25, 0.3) is 0 Å². The maximum Gasteiger partial charge on any atom is 0.160 e. The van der Waals surface area contributed by atoms with Crippen molar-refractivity contribution in [2.75, 3.05) is 0 Å². The molecule has 7 aromatic heterocycles. The highest BCUT2D eigenvalue weighted by atomic mass is 32.1. The van der Waals surface area contributed by atoms with E-state index in [1.54, 1.807) is 0 Å². The molecule has 0 saturated heterocycles. The summed E-state index contributed by atoms with van der Waals surface area (Å²) < 4.78 is 7.64. The third-order valence-corrected chi connectivity index (χ3v) is 26.2. The average Bonchev–Trinajstić information content (AvgIpc) is 1.61. The second-order valence-corrected chi connectivity index (χ2v) is 33.1. The predicted molar refractivity (Wildman–Crippen MR) is 504 cm³/mol. The first-order chi connectivity index (χ1) is 58.9. The average molecular weight is 1570 g/mol. The lowest BCUT2D eigenvalue weighted by molar-refractivity contribution is 1.18. The Hall–Kier alpha value is -14.8. The van der Waals surface area contributed by atoms with Gasteiger partial charge in [-0.05, 0) is 110 Å². The van der Waals surface area contributed by atoms with Gasteiger partial charge in [0, 0.05) is 106 Å². The summed E-state index contributed by atoms with van der Waals surface area (Å²) in [5.41, 5.74) is 27.5. The molecule has 0 aliphatic heterocycles. The van der Waals surface area contributed by atoms with Gasteiger partial charge < -0.3 is 0 Å². The number of pyridine rings is 2. The van der Waals surface area contributed by atoms with Crippen molar-refractivity contribution < 1.29 is 0 Å². The second kappa shape index (κ2) is 30.4. The minimum atomic E-state index is 0.700. The van der Waals surface area contributed by atoms with Crippen LogP contribution in [0.4, 0.5) is 0 Å². The van der Waals surface area contributed by atoms with E-state index in [9.17, 15) is 0 Å². The van der Waals surface area contributed by atoms with Gasteiger partial charge in [0.05, 0.1) is 54.6 Å². The molecule has 0 amide bonds. The first-order valence-corrected chi connectivity index (χ1v) is 42.4. The fourth-order valence-electron chi connectivity index (χ4n) is 16.7. The number of nitrogens with zero attached hydrogens (tertiary/aromatic N) is 6. The van der Waals surface area contributed by atoms with Crippen LogP contribution >= 0.6 is 34.0 Å². The molecule has 9 heteroatoms. The molecule has 0 aliphatic carbocycles. The molecule has 6 nitrogen and oxygen atoms in total. The third kappa shape index (κ3) is 13.4.